The first kappa shape index (κ1) is 11.5. The van der Waals surface area contributed by atoms with Gasteiger partial charge in [-0.1, -0.05) is 0 Å². The van der Waals surface area contributed by atoms with Crippen LogP contribution in [0.3, 0.4) is 0 Å². The van der Waals surface area contributed by atoms with Crippen molar-refractivity contribution in [2.24, 2.45) is 0 Å². The van der Waals surface area contributed by atoms with Crippen LogP contribution in [0.1, 0.15) is 26.3 Å². The molecule has 0 unspecified atom stereocenters. The molecule has 1 aliphatic rings. The predicted octanol–water partition coefficient (Wildman–Crippen LogP) is 1.32. The lowest BCUT2D eigenvalue weighted by Crippen LogP contribution is -2.31. The van der Waals surface area contributed by atoms with Crippen LogP contribution in [0.5, 0.6) is 0 Å². The number of carbonyl (C=O) groups excluding carboxylic acids is 2. The van der Waals surface area contributed by atoms with Crippen molar-refractivity contribution in [1.82, 2.24) is 14.9 Å². The molecule has 3 rings (SSSR count). The Morgan fingerprint density at radius 1 is 0.895 bits per heavy atom. The zero-order valence-electron chi connectivity index (χ0n) is 10.1. The summed E-state index contributed by atoms with van der Waals surface area (Å²) in [5.74, 6) is -0.501. The molecule has 0 aliphatic carbocycles. The second-order valence-electron chi connectivity index (χ2n) is 4.29. The number of hydrogen-bond donors (Lipinski definition) is 0. The molecule has 0 fully saturated rings. The molecule has 0 saturated heterocycles. The van der Waals surface area contributed by atoms with Crippen LogP contribution in [0.25, 0.3) is 0 Å². The highest BCUT2D eigenvalue weighted by atomic mass is 16.2. The van der Waals surface area contributed by atoms with Crippen LogP contribution >= 0.6 is 0 Å². The third-order valence-corrected chi connectivity index (χ3v) is 3.15. The Kier molecular flexibility index (Phi) is 2.79. The number of imide groups is 1. The summed E-state index contributed by atoms with van der Waals surface area (Å²) in [5, 5.41) is 0. The molecular formula is C14H11N3O2. The predicted molar refractivity (Wildman–Crippen MR) is 67.5 cm³/mol. The van der Waals surface area contributed by atoms with E-state index in [0.29, 0.717) is 24.1 Å². The van der Waals surface area contributed by atoms with Crippen molar-refractivity contribution in [2.75, 3.05) is 6.54 Å². The first-order chi connectivity index (χ1) is 9.27. The Bertz CT molecular complexity index is 605. The number of aromatic nitrogens is 2. The van der Waals surface area contributed by atoms with Gasteiger partial charge in [-0.15, -0.1) is 0 Å². The maximum atomic E-state index is 12.1. The largest absolute Gasteiger partial charge is 0.274 e. The molecular weight excluding hydrogens is 242 g/mol. The summed E-state index contributed by atoms with van der Waals surface area (Å²) >= 11 is 0. The second kappa shape index (κ2) is 4.61. The van der Waals surface area contributed by atoms with Crippen LogP contribution in [0.4, 0.5) is 0 Å². The van der Waals surface area contributed by atoms with Crippen LogP contribution in [0.15, 0.2) is 43.0 Å². The Morgan fingerprint density at radius 2 is 1.58 bits per heavy atom. The van der Waals surface area contributed by atoms with Crippen LogP contribution in [0.2, 0.25) is 0 Å². The van der Waals surface area contributed by atoms with Gasteiger partial charge in [0.1, 0.15) is 0 Å². The average molecular weight is 253 g/mol. The van der Waals surface area contributed by atoms with Crippen LogP contribution in [-0.4, -0.2) is 33.2 Å². The van der Waals surface area contributed by atoms with E-state index in [0.717, 1.165) is 5.56 Å². The molecule has 5 heteroatoms. The summed E-state index contributed by atoms with van der Waals surface area (Å²) in [6.45, 7) is 0.371. The molecule has 2 aromatic rings. The average Bonchev–Trinajstić information content (AvgIpc) is 2.71. The highest BCUT2D eigenvalue weighted by Crippen LogP contribution is 2.21. The molecule has 1 aliphatic heterocycles. The Hall–Kier alpha value is -2.56. The molecule has 0 aromatic carbocycles. The highest BCUT2D eigenvalue weighted by Gasteiger charge is 2.34. The maximum Gasteiger partial charge on any atom is 0.263 e. The van der Waals surface area contributed by atoms with Crippen molar-refractivity contribution in [1.29, 1.82) is 0 Å². The number of carbonyl (C=O) groups is 2. The summed E-state index contributed by atoms with van der Waals surface area (Å²) in [4.78, 5) is 33.3. The summed E-state index contributed by atoms with van der Waals surface area (Å²) in [7, 11) is 0. The van der Waals surface area contributed by atoms with Gasteiger partial charge in [0.25, 0.3) is 11.8 Å². The van der Waals surface area contributed by atoms with Gasteiger partial charge in [0.05, 0.1) is 11.1 Å². The summed E-state index contributed by atoms with van der Waals surface area (Å²) in [5.41, 5.74) is 1.88. The lowest BCUT2D eigenvalue weighted by molar-refractivity contribution is 0.0656. The standard InChI is InChI=1S/C14H11N3O2/c18-13-11-3-7-16-9-12(11)14(19)17(13)8-4-10-1-5-15-6-2-10/h1-3,5-7,9H,4,8H2. The Balaban J connectivity index is 1.78. The van der Waals surface area contributed by atoms with E-state index in [1.807, 2.05) is 12.1 Å². The fraction of sp³-hybridized carbons (Fsp3) is 0.143. The molecule has 0 N–H and O–H groups in total. The fourth-order valence-electron chi connectivity index (χ4n) is 2.13. The van der Waals surface area contributed by atoms with Gasteiger partial charge in [0.2, 0.25) is 0 Å². The lowest BCUT2D eigenvalue weighted by atomic mass is 10.2. The molecule has 19 heavy (non-hydrogen) atoms. The molecule has 5 nitrogen and oxygen atoms in total. The minimum absolute atomic E-state index is 0.239. The van der Waals surface area contributed by atoms with Gasteiger partial charge in [-0.2, -0.15) is 0 Å². The van der Waals surface area contributed by atoms with Crippen molar-refractivity contribution in [3.05, 3.63) is 59.7 Å². The van der Waals surface area contributed by atoms with Crippen molar-refractivity contribution in [3.63, 3.8) is 0 Å². The zero-order valence-corrected chi connectivity index (χ0v) is 10.1. The van der Waals surface area contributed by atoms with Crippen molar-refractivity contribution in [3.8, 4) is 0 Å². The Labute approximate surface area is 109 Å². The third-order valence-electron chi connectivity index (χ3n) is 3.15. The number of nitrogens with zero attached hydrogens (tertiary/aromatic N) is 3. The van der Waals surface area contributed by atoms with E-state index < -0.39 is 0 Å². The third kappa shape index (κ3) is 1.99. The van der Waals surface area contributed by atoms with Gasteiger partial charge < -0.3 is 0 Å². The van der Waals surface area contributed by atoms with Gasteiger partial charge in [-0.3, -0.25) is 24.5 Å². The van der Waals surface area contributed by atoms with Crippen LogP contribution in [-0.2, 0) is 6.42 Å². The number of rotatable bonds is 3. The van der Waals surface area contributed by atoms with E-state index in [1.165, 1.54) is 17.3 Å². The van der Waals surface area contributed by atoms with Gasteiger partial charge in [0.15, 0.2) is 0 Å². The van der Waals surface area contributed by atoms with E-state index in [1.54, 1.807) is 18.5 Å². The summed E-state index contributed by atoms with van der Waals surface area (Å²) in [6, 6.07) is 5.33. The van der Waals surface area contributed by atoms with Gasteiger partial charge in [-0.05, 0) is 30.2 Å². The van der Waals surface area contributed by atoms with Gasteiger partial charge in [-0.25, -0.2) is 0 Å². The first-order valence-corrected chi connectivity index (χ1v) is 5.96. The quantitative estimate of drug-likeness (QED) is 0.774. The fourth-order valence-corrected chi connectivity index (χ4v) is 2.13. The topological polar surface area (TPSA) is 63.2 Å². The van der Waals surface area contributed by atoms with Gasteiger partial charge in [0, 0.05) is 31.3 Å². The van der Waals surface area contributed by atoms with Crippen molar-refractivity contribution in [2.45, 2.75) is 6.42 Å². The molecule has 0 spiro atoms. The molecule has 3 heterocycles. The molecule has 0 radical (unpaired) electrons. The van der Waals surface area contributed by atoms with Crippen LogP contribution in [0, 0.1) is 0 Å². The zero-order chi connectivity index (χ0) is 13.2. The van der Waals surface area contributed by atoms with E-state index in [2.05, 4.69) is 9.97 Å². The van der Waals surface area contributed by atoms with Crippen molar-refractivity contribution < 1.29 is 9.59 Å². The maximum absolute atomic E-state index is 12.1. The van der Waals surface area contributed by atoms with E-state index >= 15 is 0 Å². The molecule has 2 aromatic heterocycles. The number of amides is 2. The van der Waals surface area contributed by atoms with Crippen LogP contribution < -0.4 is 0 Å². The van der Waals surface area contributed by atoms with Crippen molar-refractivity contribution >= 4 is 11.8 Å². The monoisotopic (exact) mass is 253 g/mol. The Morgan fingerprint density at radius 3 is 2.32 bits per heavy atom. The molecule has 94 valence electrons. The summed E-state index contributed by atoms with van der Waals surface area (Å²) < 4.78 is 0. The molecule has 2 amide bonds. The smallest absolute Gasteiger partial charge is 0.263 e. The van der Waals surface area contributed by atoms with E-state index in [9.17, 15) is 9.59 Å². The van der Waals surface area contributed by atoms with Gasteiger partial charge >= 0.3 is 0 Å². The SMILES string of the molecule is O=C1c2ccncc2C(=O)N1CCc1ccncc1. The lowest BCUT2D eigenvalue weighted by Gasteiger charge is -2.13. The highest BCUT2D eigenvalue weighted by molar-refractivity contribution is 6.21. The first-order valence-electron chi connectivity index (χ1n) is 5.96. The number of hydrogen-bond acceptors (Lipinski definition) is 4. The normalized spacial score (nSPS) is 13.8. The van der Waals surface area contributed by atoms with E-state index in [-0.39, 0.29) is 11.8 Å². The number of fused-ring (bicyclic) bond motifs is 1. The summed E-state index contributed by atoms with van der Waals surface area (Å²) in [6.07, 6.45) is 6.99. The van der Waals surface area contributed by atoms with E-state index in [4.69, 9.17) is 0 Å². The molecule has 0 saturated carbocycles. The second-order valence-corrected chi connectivity index (χ2v) is 4.29. The minimum Gasteiger partial charge on any atom is -0.274 e. The molecule has 0 bridgehead atoms. The number of pyridine rings is 2. The molecule has 0 atom stereocenters. The minimum atomic E-state index is -0.262.